The van der Waals surface area contributed by atoms with Crippen LogP contribution in [0, 0.1) is 23.6 Å². The molecule has 0 aliphatic heterocycles. The maximum Gasteiger partial charge on any atom is 0.164 e. The molecule has 0 amide bonds. The molecule has 0 nitrogen and oxygen atoms in total. The second-order valence-corrected chi connectivity index (χ2v) is 8.86. The Morgan fingerprint density at radius 3 is 2.38 bits per heavy atom. The van der Waals surface area contributed by atoms with Crippen LogP contribution in [0.4, 0.5) is 13.2 Å². The SMILES string of the molecule is CCCC/C(F)=C(\F)c1ccc(C#Cc2ccccc2C2CCC(CCC)CC2)cc1F. The molecule has 0 spiro atoms. The van der Waals surface area contributed by atoms with Crippen molar-refractivity contribution < 1.29 is 13.2 Å². The Kier molecular flexibility index (Phi) is 9.03. The third-order valence-electron chi connectivity index (χ3n) is 6.48. The van der Waals surface area contributed by atoms with Gasteiger partial charge in [0.25, 0.3) is 0 Å². The number of halogens is 3. The zero-order chi connectivity index (χ0) is 22.9. The molecule has 0 atom stereocenters. The molecule has 1 fully saturated rings. The fourth-order valence-corrected chi connectivity index (χ4v) is 4.64. The number of benzene rings is 2. The molecule has 0 aromatic heterocycles. The van der Waals surface area contributed by atoms with Crippen LogP contribution in [-0.2, 0) is 0 Å². The van der Waals surface area contributed by atoms with Gasteiger partial charge in [0, 0.05) is 23.1 Å². The zero-order valence-electron chi connectivity index (χ0n) is 19.2. The smallest absolute Gasteiger partial charge is 0.164 e. The van der Waals surface area contributed by atoms with E-state index in [1.165, 1.54) is 56.2 Å². The summed E-state index contributed by atoms with van der Waals surface area (Å²) in [5.74, 6) is 4.77. The molecule has 1 aliphatic rings. The Morgan fingerprint density at radius 2 is 1.69 bits per heavy atom. The molecular formula is C29H33F3. The number of hydrogen-bond acceptors (Lipinski definition) is 0. The van der Waals surface area contributed by atoms with Gasteiger partial charge in [-0.15, -0.1) is 0 Å². The first-order valence-electron chi connectivity index (χ1n) is 12.0. The molecular weight excluding hydrogens is 405 g/mol. The molecule has 32 heavy (non-hydrogen) atoms. The minimum Gasteiger partial charge on any atom is -0.209 e. The van der Waals surface area contributed by atoms with Crippen molar-refractivity contribution in [3.63, 3.8) is 0 Å². The molecule has 3 rings (SSSR count). The lowest BCUT2D eigenvalue weighted by molar-refractivity contribution is 0.308. The summed E-state index contributed by atoms with van der Waals surface area (Å²) in [7, 11) is 0. The summed E-state index contributed by atoms with van der Waals surface area (Å²) in [6, 6.07) is 12.2. The summed E-state index contributed by atoms with van der Waals surface area (Å²) in [6.45, 7) is 4.15. The van der Waals surface area contributed by atoms with Gasteiger partial charge in [-0.2, -0.15) is 0 Å². The summed E-state index contributed by atoms with van der Waals surface area (Å²) in [5, 5.41) is 0. The van der Waals surface area contributed by atoms with Crippen LogP contribution in [-0.4, -0.2) is 0 Å². The monoisotopic (exact) mass is 438 g/mol. The number of hydrogen-bond donors (Lipinski definition) is 0. The molecule has 0 bridgehead atoms. The summed E-state index contributed by atoms with van der Waals surface area (Å²) in [6.07, 6.45) is 8.72. The first-order valence-corrected chi connectivity index (χ1v) is 12.0. The predicted molar refractivity (Wildman–Crippen MR) is 127 cm³/mol. The van der Waals surface area contributed by atoms with Gasteiger partial charge < -0.3 is 0 Å². The van der Waals surface area contributed by atoms with Gasteiger partial charge >= 0.3 is 0 Å². The van der Waals surface area contributed by atoms with Crippen molar-refractivity contribution in [2.75, 3.05) is 0 Å². The normalized spacial score (nSPS) is 19.2. The minimum absolute atomic E-state index is 0.0134. The van der Waals surface area contributed by atoms with E-state index >= 15 is 0 Å². The highest BCUT2D eigenvalue weighted by Crippen LogP contribution is 2.38. The Balaban J connectivity index is 1.77. The van der Waals surface area contributed by atoms with Crippen LogP contribution in [0.15, 0.2) is 48.3 Å². The van der Waals surface area contributed by atoms with E-state index in [2.05, 4.69) is 30.9 Å². The van der Waals surface area contributed by atoms with Crippen LogP contribution < -0.4 is 0 Å². The molecule has 0 heterocycles. The molecule has 2 aromatic rings. The molecule has 1 saturated carbocycles. The van der Waals surface area contributed by atoms with E-state index < -0.39 is 17.5 Å². The first-order chi connectivity index (χ1) is 15.5. The molecule has 1 aliphatic carbocycles. The van der Waals surface area contributed by atoms with Gasteiger partial charge in [0.05, 0.1) is 0 Å². The Hall–Kier alpha value is -2.47. The van der Waals surface area contributed by atoms with Crippen molar-refractivity contribution in [3.05, 3.63) is 76.4 Å². The van der Waals surface area contributed by atoms with Crippen LogP contribution in [0.1, 0.15) is 99.8 Å². The second kappa shape index (κ2) is 12.0. The van der Waals surface area contributed by atoms with Crippen LogP contribution in [0.5, 0.6) is 0 Å². The molecule has 0 saturated heterocycles. The maximum absolute atomic E-state index is 14.5. The molecule has 2 aromatic carbocycles. The molecule has 3 heteroatoms. The lowest BCUT2D eigenvalue weighted by Gasteiger charge is -2.29. The van der Waals surface area contributed by atoms with E-state index in [0.717, 1.165) is 17.9 Å². The van der Waals surface area contributed by atoms with Crippen molar-refractivity contribution in [1.82, 2.24) is 0 Å². The first kappa shape index (κ1) is 24.2. The van der Waals surface area contributed by atoms with Gasteiger partial charge in [-0.3, -0.25) is 0 Å². The van der Waals surface area contributed by atoms with Crippen molar-refractivity contribution in [1.29, 1.82) is 0 Å². The van der Waals surface area contributed by atoms with E-state index in [1.54, 1.807) is 6.07 Å². The highest BCUT2D eigenvalue weighted by molar-refractivity contribution is 5.62. The predicted octanol–water partition coefficient (Wildman–Crippen LogP) is 9.10. The van der Waals surface area contributed by atoms with Gasteiger partial charge in [-0.05, 0) is 73.8 Å². The Labute approximate surface area is 190 Å². The van der Waals surface area contributed by atoms with Crippen molar-refractivity contribution in [2.24, 2.45) is 5.92 Å². The molecule has 0 N–H and O–H groups in total. The van der Waals surface area contributed by atoms with Crippen LogP contribution in [0.25, 0.3) is 5.83 Å². The van der Waals surface area contributed by atoms with Gasteiger partial charge in [0.1, 0.15) is 11.6 Å². The number of rotatable bonds is 7. The zero-order valence-corrected chi connectivity index (χ0v) is 19.2. The lowest BCUT2D eigenvalue weighted by atomic mass is 9.76. The third-order valence-corrected chi connectivity index (χ3v) is 6.48. The van der Waals surface area contributed by atoms with E-state index in [9.17, 15) is 13.2 Å². The minimum atomic E-state index is -1.11. The largest absolute Gasteiger partial charge is 0.209 e. The number of allylic oxidation sites excluding steroid dienone is 1. The number of unbranched alkanes of at least 4 members (excludes halogenated alkanes) is 1. The molecule has 170 valence electrons. The van der Waals surface area contributed by atoms with Crippen molar-refractivity contribution in [3.8, 4) is 11.8 Å². The maximum atomic E-state index is 14.5. The second-order valence-electron chi connectivity index (χ2n) is 8.86. The summed E-state index contributed by atoms with van der Waals surface area (Å²) < 4.78 is 42.6. The van der Waals surface area contributed by atoms with Gasteiger partial charge in [-0.25, -0.2) is 13.2 Å². The summed E-state index contributed by atoms with van der Waals surface area (Å²) >= 11 is 0. The van der Waals surface area contributed by atoms with Crippen molar-refractivity contribution in [2.45, 2.75) is 77.6 Å². The van der Waals surface area contributed by atoms with Crippen LogP contribution >= 0.6 is 0 Å². The van der Waals surface area contributed by atoms with Crippen molar-refractivity contribution >= 4 is 5.83 Å². The quantitative estimate of drug-likeness (QED) is 0.378. The molecule has 0 unspecified atom stereocenters. The van der Waals surface area contributed by atoms with Gasteiger partial charge in [0.15, 0.2) is 5.83 Å². The van der Waals surface area contributed by atoms with E-state index in [1.807, 2.05) is 19.1 Å². The van der Waals surface area contributed by atoms with E-state index in [0.29, 0.717) is 17.9 Å². The Morgan fingerprint density at radius 1 is 0.938 bits per heavy atom. The fourth-order valence-electron chi connectivity index (χ4n) is 4.64. The summed E-state index contributed by atoms with van der Waals surface area (Å²) in [5.41, 5.74) is 2.34. The molecule has 0 radical (unpaired) electrons. The lowest BCUT2D eigenvalue weighted by Crippen LogP contribution is -2.14. The standard InChI is InChI=1S/C29H33F3/c1-3-5-11-27(30)29(32)26-19-15-22(20-28(26)31)14-18-23-9-6-7-10-25(23)24-16-12-21(8-4-2)13-17-24/h6-7,9-10,15,19-21,24H,3-5,8,11-13,16-17H2,1-2H3/b29-27+. The highest BCUT2D eigenvalue weighted by Gasteiger charge is 2.23. The highest BCUT2D eigenvalue weighted by atomic mass is 19.2. The summed E-state index contributed by atoms with van der Waals surface area (Å²) in [4.78, 5) is 0. The van der Waals surface area contributed by atoms with E-state index in [-0.39, 0.29) is 12.0 Å². The average Bonchev–Trinajstić information content (AvgIpc) is 2.82. The average molecular weight is 439 g/mol. The Bertz CT molecular complexity index is 985. The van der Waals surface area contributed by atoms with Crippen LogP contribution in [0.3, 0.4) is 0 Å². The van der Waals surface area contributed by atoms with Crippen LogP contribution in [0.2, 0.25) is 0 Å². The third kappa shape index (κ3) is 6.28. The fraction of sp³-hybridized carbons (Fsp3) is 0.448. The van der Waals surface area contributed by atoms with Gasteiger partial charge in [-0.1, -0.05) is 63.1 Å². The topological polar surface area (TPSA) is 0 Å². The van der Waals surface area contributed by atoms with E-state index in [4.69, 9.17) is 0 Å². The van der Waals surface area contributed by atoms with Gasteiger partial charge in [0.2, 0.25) is 0 Å².